The van der Waals surface area contributed by atoms with E-state index in [-0.39, 0.29) is 18.4 Å². The Balaban J connectivity index is 2.54. The minimum absolute atomic E-state index is 0.159. The average Bonchev–Trinajstić information content (AvgIpc) is 2.44. The van der Waals surface area contributed by atoms with Crippen LogP contribution in [0.4, 0.5) is 0 Å². The fraction of sp³-hybridized carbons (Fsp3) is 0.467. The van der Waals surface area contributed by atoms with Gasteiger partial charge in [0.05, 0.1) is 11.6 Å². The second kappa shape index (κ2) is 8.67. The lowest BCUT2D eigenvalue weighted by molar-refractivity contribution is -0.145. The number of hydrogen-bond acceptors (Lipinski definition) is 4. The van der Waals surface area contributed by atoms with Crippen LogP contribution in [0.25, 0.3) is 0 Å². The number of benzene rings is 1. The van der Waals surface area contributed by atoms with Crippen molar-refractivity contribution in [2.24, 2.45) is 5.92 Å². The van der Waals surface area contributed by atoms with Gasteiger partial charge in [-0.1, -0.05) is 26.0 Å². The largest absolute Gasteiger partial charge is 0.483 e. The molecule has 0 fully saturated rings. The summed E-state index contributed by atoms with van der Waals surface area (Å²) in [5.41, 5.74) is 0. The first kappa shape index (κ1) is 17.5. The first-order chi connectivity index (χ1) is 9.93. The average molecular weight is 358 g/mol. The van der Waals surface area contributed by atoms with E-state index in [0.717, 1.165) is 4.47 Å². The molecule has 1 atom stereocenters. The third kappa shape index (κ3) is 6.16. The molecule has 1 N–H and O–H groups in total. The number of carbonyl (C=O) groups is 2. The normalized spacial score (nSPS) is 11.9. The molecule has 0 heterocycles. The van der Waals surface area contributed by atoms with Crippen LogP contribution in [0.5, 0.6) is 5.75 Å². The number of amides is 1. The van der Waals surface area contributed by atoms with Crippen LogP contribution in [-0.2, 0) is 14.3 Å². The maximum Gasteiger partial charge on any atom is 0.328 e. The summed E-state index contributed by atoms with van der Waals surface area (Å²) < 4.78 is 10.9. The molecule has 6 heteroatoms. The number of halogens is 1. The smallest absolute Gasteiger partial charge is 0.328 e. The Morgan fingerprint density at radius 2 is 1.95 bits per heavy atom. The van der Waals surface area contributed by atoms with E-state index in [2.05, 4.69) is 21.2 Å². The Labute approximate surface area is 133 Å². The Morgan fingerprint density at radius 1 is 1.29 bits per heavy atom. The van der Waals surface area contributed by atoms with Crippen molar-refractivity contribution in [1.82, 2.24) is 5.32 Å². The summed E-state index contributed by atoms with van der Waals surface area (Å²) in [5, 5.41) is 2.63. The van der Waals surface area contributed by atoms with E-state index in [1.165, 1.54) is 7.11 Å². The van der Waals surface area contributed by atoms with Crippen molar-refractivity contribution in [2.75, 3.05) is 13.7 Å². The molecule has 1 aromatic rings. The van der Waals surface area contributed by atoms with Crippen molar-refractivity contribution >= 4 is 27.8 Å². The third-order valence-electron chi connectivity index (χ3n) is 2.72. The number of methoxy groups -OCH3 is 1. The summed E-state index contributed by atoms with van der Waals surface area (Å²) in [6.45, 7) is 3.79. The SMILES string of the molecule is COC(=O)[C@H](CC(C)C)NC(=O)COc1ccccc1Br. The lowest BCUT2D eigenvalue weighted by atomic mass is 10.0. The van der Waals surface area contributed by atoms with Gasteiger partial charge in [0.1, 0.15) is 11.8 Å². The molecule has 0 unspecified atom stereocenters. The quantitative estimate of drug-likeness (QED) is 0.761. The lowest BCUT2D eigenvalue weighted by Crippen LogP contribution is -2.44. The van der Waals surface area contributed by atoms with Crippen molar-refractivity contribution in [2.45, 2.75) is 26.3 Å². The molecule has 5 nitrogen and oxygen atoms in total. The Bertz CT molecular complexity index is 490. The van der Waals surface area contributed by atoms with Crippen molar-refractivity contribution in [3.8, 4) is 5.75 Å². The van der Waals surface area contributed by atoms with Gasteiger partial charge in [0, 0.05) is 0 Å². The predicted molar refractivity (Wildman–Crippen MR) is 83.0 cm³/mol. The van der Waals surface area contributed by atoms with Crippen LogP contribution in [0.15, 0.2) is 28.7 Å². The van der Waals surface area contributed by atoms with Crippen molar-refractivity contribution in [3.63, 3.8) is 0 Å². The van der Waals surface area contributed by atoms with Gasteiger partial charge < -0.3 is 14.8 Å². The molecule has 1 rings (SSSR count). The topological polar surface area (TPSA) is 64.6 Å². The maximum absolute atomic E-state index is 11.9. The van der Waals surface area contributed by atoms with Crippen molar-refractivity contribution in [3.05, 3.63) is 28.7 Å². The van der Waals surface area contributed by atoms with Gasteiger partial charge in [0.2, 0.25) is 0 Å². The second-order valence-corrected chi connectivity index (χ2v) is 5.85. The van der Waals surface area contributed by atoms with E-state index in [1.807, 2.05) is 32.0 Å². The highest BCUT2D eigenvalue weighted by Gasteiger charge is 2.22. The molecule has 0 aliphatic rings. The van der Waals surface area contributed by atoms with E-state index in [9.17, 15) is 9.59 Å². The van der Waals surface area contributed by atoms with Gasteiger partial charge in [0.25, 0.3) is 5.91 Å². The molecule has 0 aliphatic carbocycles. The molecule has 0 saturated carbocycles. The standard InChI is InChI=1S/C15H20BrNO4/c1-10(2)8-12(15(19)20-3)17-14(18)9-21-13-7-5-4-6-11(13)16/h4-7,10,12H,8-9H2,1-3H3,(H,17,18)/t12-/m0/s1. The van der Waals surface area contributed by atoms with Gasteiger partial charge in [-0.3, -0.25) is 4.79 Å². The highest BCUT2D eigenvalue weighted by Crippen LogP contribution is 2.23. The van der Waals surface area contributed by atoms with Crippen molar-refractivity contribution in [1.29, 1.82) is 0 Å². The predicted octanol–water partition coefficient (Wildman–Crippen LogP) is 2.53. The first-order valence-electron chi connectivity index (χ1n) is 6.68. The minimum Gasteiger partial charge on any atom is -0.483 e. The highest BCUT2D eigenvalue weighted by molar-refractivity contribution is 9.10. The Hall–Kier alpha value is -1.56. The minimum atomic E-state index is -0.648. The molecule has 1 amide bonds. The summed E-state index contributed by atoms with van der Waals surface area (Å²) >= 11 is 3.33. The summed E-state index contributed by atoms with van der Waals surface area (Å²) in [7, 11) is 1.30. The highest BCUT2D eigenvalue weighted by atomic mass is 79.9. The fourth-order valence-corrected chi connectivity index (χ4v) is 2.17. The number of nitrogens with one attached hydrogen (secondary N) is 1. The van der Waals surface area contributed by atoms with Gasteiger partial charge in [-0.25, -0.2) is 4.79 Å². The van der Waals surface area contributed by atoms with E-state index in [1.54, 1.807) is 6.07 Å². The maximum atomic E-state index is 11.9. The summed E-state index contributed by atoms with van der Waals surface area (Å²) in [5.74, 6) is 0.0319. The van der Waals surface area contributed by atoms with Gasteiger partial charge in [0.15, 0.2) is 6.61 Å². The van der Waals surface area contributed by atoms with E-state index in [0.29, 0.717) is 12.2 Å². The van der Waals surface area contributed by atoms with Gasteiger partial charge in [-0.2, -0.15) is 0 Å². The third-order valence-corrected chi connectivity index (χ3v) is 3.38. The molecule has 1 aromatic carbocycles. The molecule has 0 spiro atoms. The number of ether oxygens (including phenoxy) is 2. The number of carbonyl (C=O) groups excluding carboxylic acids is 2. The molecule has 116 valence electrons. The molecule has 0 radical (unpaired) electrons. The van der Waals surface area contributed by atoms with Crippen LogP contribution in [0, 0.1) is 5.92 Å². The number of hydrogen-bond donors (Lipinski definition) is 1. The zero-order valence-electron chi connectivity index (χ0n) is 12.4. The molecular formula is C15H20BrNO4. The zero-order chi connectivity index (χ0) is 15.8. The van der Waals surface area contributed by atoms with E-state index < -0.39 is 12.0 Å². The summed E-state index contributed by atoms with van der Waals surface area (Å²) in [6, 6.07) is 6.60. The van der Waals surface area contributed by atoms with E-state index >= 15 is 0 Å². The molecule has 0 saturated heterocycles. The van der Waals surface area contributed by atoms with Crippen LogP contribution < -0.4 is 10.1 Å². The monoisotopic (exact) mass is 357 g/mol. The van der Waals surface area contributed by atoms with Gasteiger partial charge in [-0.15, -0.1) is 0 Å². The first-order valence-corrected chi connectivity index (χ1v) is 7.47. The number of rotatable bonds is 7. The molecule has 0 bridgehead atoms. The Morgan fingerprint density at radius 3 is 2.52 bits per heavy atom. The van der Waals surface area contributed by atoms with Crippen LogP contribution in [0.3, 0.4) is 0 Å². The number of esters is 1. The van der Waals surface area contributed by atoms with Crippen LogP contribution in [0.1, 0.15) is 20.3 Å². The second-order valence-electron chi connectivity index (χ2n) is 4.99. The molecule has 0 aromatic heterocycles. The summed E-state index contributed by atoms with van der Waals surface area (Å²) in [6.07, 6.45) is 0.521. The van der Waals surface area contributed by atoms with Gasteiger partial charge >= 0.3 is 5.97 Å². The van der Waals surface area contributed by atoms with Crippen LogP contribution in [0.2, 0.25) is 0 Å². The molecule has 0 aliphatic heterocycles. The Kier molecular flexibility index (Phi) is 7.22. The molecule has 21 heavy (non-hydrogen) atoms. The van der Waals surface area contributed by atoms with E-state index in [4.69, 9.17) is 9.47 Å². The number of para-hydroxylation sites is 1. The fourth-order valence-electron chi connectivity index (χ4n) is 1.77. The molecular weight excluding hydrogens is 338 g/mol. The van der Waals surface area contributed by atoms with Crippen LogP contribution >= 0.6 is 15.9 Å². The van der Waals surface area contributed by atoms with Crippen LogP contribution in [-0.4, -0.2) is 31.6 Å². The van der Waals surface area contributed by atoms with Crippen molar-refractivity contribution < 1.29 is 19.1 Å². The van der Waals surface area contributed by atoms with Gasteiger partial charge in [-0.05, 0) is 40.4 Å². The zero-order valence-corrected chi connectivity index (χ0v) is 14.0. The summed E-state index contributed by atoms with van der Waals surface area (Å²) in [4.78, 5) is 23.5. The lowest BCUT2D eigenvalue weighted by Gasteiger charge is -2.18.